The molecule has 1 aliphatic heterocycles. The molecule has 5 nitrogen and oxygen atoms in total. The highest BCUT2D eigenvalue weighted by molar-refractivity contribution is 7.89. The van der Waals surface area contributed by atoms with Crippen molar-refractivity contribution in [3.63, 3.8) is 0 Å². The second-order valence-corrected chi connectivity index (χ2v) is 8.27. The normalized spacial score (nSPS) is 14.7. The van der Waals surface area contributed by atoms with Crippen molar-refractivity contribution in [2.75, 3.05) is 6.54 Å². The maximum Gasteiger partial charge on any atom is 0.243 e. The first kappa shape index (κ1) is 18.6. The zero-order valence-corrected chi connectivity index (χ0v) is 15.3. The van der Waals surface area contributed by atoms with Crippen molar-refractivity contribution in [1.29, 1.82) is 0 Å². The molecule has 0 saturated heterocycles. The summed E-state index contributed by atoms with van der Waals surface area (Å²) >= 11 is 0. The lowest BCUT2D eigenvalue weighted by molar-refractivity contribution is 0.386. The first-order valence-corrected chi connectivity index (χ1v) is 9.84. The number of halogens is 3. The molecule has 4 rings (SSSR count). The molecule has 1 aliphatic rings. The summed E-state index contributed by atoms with van der Waals surface area (Å²) in [6, 6.07) is 8.27. The van der Waals surface area contributed by atoms with Gasteiger partial charge < -0.3 is 0 Å². The fourth-order valence-corrected chi connectivity index (χ4v) is 4.45. The molecule has 2 aromatic carbocycles. The van der Waals surface area contributed by atoms with Gasteiger partial charge in [0.25, 0.3) is 0 Å². The van der Waals surface area contributed by atoms with E-state index in [0.29, 0.717) is 35.1 Å². The molecule has 9 heteroatoms. The number of nitrogens with zero attached hydrogens (tertiary/aromatic N) is 3. The van der Waals surface area contributed by atoms with Gasteiger partial charge in [-0.3, -0.25) is 0 Å². The van der Waals surface area contributed by atoms with E-state index in [1.54, 1.807) is 12.1 Å². The highest BCUT2D eigenvalue weighted by Gasteiger charge is 2.30. The van der Waals surface area contributed by atoms with E-state index in [-0.39, 0.29) is 23.8 Å². The number of aromatic nitrogens is 2. The Kier molecular flexibility index (Phi) is 4.64. The summed E-state index contributed by atoms with van der Waals surface area (Å²) in [6.07, 6.45) is 1.88. The van der Waals surface area contributed by atoms with Gasteiger partial charge in [0.05, 0.1) is 10.6 Å². The molecule has 0 N–H and O–H groups in total. The minimum Gasteiger partial charge on any atom is -0.236 e. The van der Waals surface area contributed by atoms with Crippen LogP contribution in [0.2, 0.25) is 0 Å². The van der Waals surface area contributed by atoms with Gasteiger partial charge >= 0.3 is 0 Å². The summed E-state index contributed by atoms with van der Waals surface area (Å²) in [5.41, 5.74) is 1.98. The highest BCUT2D eigenvalue weighted by Crippen LogP contribution is 2.26. The summed E-state index contributed by atoms with van der Waals surface area (Å²) < 4.78 is 66.3. The molecule has 0 spiro atoms. The van der Waals surface area contributed by atoms with Gasteiger partial charge in [-0.15, -0.1) is 0 Å². The Hall–Kier alpha value is -2.78. The molecular formula is C19H14F3N3O2S. The van der Waals surface area contributed by atoms with E-state index in [1.165, 1.54) is 22.6 Å². The summed E-state index contributed by atoms with van der Waals surface area (Å²) in [5, 5.41) is 0. The molecule has 0 radical (unpaired) electrons. The molecule has 0 unspecified atom stereocenters. The van der Waals surface area contributed by atoms with Crippen LogP contribution in [0, 0.1) is 17.5 Å². The lowest BCUT2D eigenvalue weighted by Crippen LogP contribution is -2.36. The summed E-state index contributed by atoms with van der Waals surface area (Å²) in [4.78, 5) is 8.40. The molecule has 28 heavy (non-hydrogen) atoms. The summed E-state index contributed by atoms with van der Waals surface area (Å²) in [6.45, 7) is 0.175. The lowest BCUT2D eigenvalue weighted by Gasteiger charge is -2.27. The van der Waals surface area contributed by atoms with Gasteiger partial charge in [-0.25, -0.2) is 31.6 Å². The van der Waals surface area contributed by atoms with Crippen LogP contribution in [0.3, 0.4) is 0 Å². The quantitative estimate of drug-likeness (QED) is 0.671. The van der Waals surface area contributed by atoms with Crippen molar-refractivity contribution in [2.24, 2.45) is 0 Å². The van der Waals surface area contributed by atoms with Gasteiger partial charge in [-0.05, 0) is 42.5 Å². The van der Waals surface area contributed by atoms with Gasteiger partial charge in [-0.1, -0.05) is 0 Å². The summed E-state index contributed by atoms with van der Waals surface area (Å²) in [5.74, 6) is -2.26. The van der Waals surface area contributed by atoms with Crippen LogP contribution in [0.4, 0.5) is 13.2 Å². The average Bonchev–Trinajstić information content (AvgIpc) is 2.69. The Morgan fingerprint density at radius 2 is 1.71 bits per heavy atom. The smallest absolute Gasteiger partial charge is 0.236 e. The molecular weight excluding hydrogens is 391 g/mol. The third-order valence-electron chi connectivity index (χ3n) is 4.53. The van der Waals surface area contributed by atoms with E-state index in [1.807, 2.05) is 0 Å². The molecule has 0 atom stereocenters. The zero-order chi connectivity index (χ0) is 19.9. The van der Waals surface area contributed by atoms with Gasteiger partial charge in [0.1, 0.15) is 5.82 Å². The van der Waals surface area contributed by atoms with E-state index in [2.05, 4.69) is 9.97 Å². The number of rotatable bonds is 3. The fraction of sp³-hybridized carbons (Fsp3) is 0.158. The summed E-state index contributed by atoms with van der Waals surface area (Å²) in [7, 11) is -3.98. The Labute approximate surface area is 159 Å². The Morgan fingerprint density at radius 3 is 2.43 bits per heavy atom. The van der Waals surface area contributed by atoms with E-state index >= 15 is 0 Å². The monoisotopic (exact) mass is 405 g/mol. The number of fused-ring (bicyclic) bond motifs is 1. The Morgan fingerprint density at radius 1 is 0.964 bits per heavy atom. The second kappa shape index (κ2) is 6.99. The molecule has 144 valence electrons. The largest absolute Gasteiger partial charge is 0.243 e. The molecule has 1 aromatic heterocycles. The maximum absolute atomic E-state index is 13.4. The number of sulfonamides is 1. The molecule has 0 aliphatic carbocycles. The molecule has 2 heterocycles. The Balaban J connectivity index is 1.61. The van der Waals surface area contributed by atoms with Gasteiger partial charge in [0.2, 0.25) is 10.0 Å². The average molecular weight is 405 g/mol. The minimum atomic E-state index is -3.98. The minimum absolute atomic E-state index is 0.0281. The molecule has 0 fully saturated rings. The van der Waals surface area contributed by atoms with Crippen molar-refractivity contribution in [3.05, 3.63) is 77.4 Å². The third-order valence-corrected chi connectivity index (χ3v) is 6.37. The molecule has 0 saturated carbocycles. The van der Waals surface area contributed by atoms with E-state index < -0.39 is 21.7 Å². The predicted octanol–water partition coefficient (Wildman–Crippen LogP) is 3.31. The predicted molar refractivity (Wildman–Crippen MR) is 95.1 cm³/mol. The van der Waals surface area contributed by atoms with Crippen LogP contribution in [-0.2, 0) is 23.0 Å². The maximum atomic E-state index is 13.4. The van der Waals surface area contributed by atoms with Crippen LogP contribution in [0.15, 0.2) is 53.6 Å². The fourth-order valence-electron chi connectivity index (χ4n) is 3.02. The zero-order valence-electron chi connectivity index (χ0n) is 14.4. The van der Waals surface area contributed by atoms with E-state index in [0.717, 1.165) is 12.1 Å². The number of benzene rings is 2. The topological polar surface area (TPSA) is 63.2 Å². The Bertz CT molecular complexity index is 1150. The highest BCUT2D eigenvalue weighted by atomic mass is 32.2. The molecule has 0 amide bonds. The van der Waals surface area contributed by atoms with Crippen LogP contribution in [0.5, 0.6) is 0 Å². The SMILES string of the molecule is O=S(=O)(c1ccc(F)c(F)c1)N1CCc2nc(-c3ccc(F)cc3)ncc2C1. The lowest BCUT2D eigenvalue weighted by atomic mass is 10.1. The number of hydrogen-bond acceptors (Lipinski definition) is 4. The molecule has 3 aromatic rings. The van der Waals surface area contributed by atoms with Crippen LogP contribution in [0.25, 0.3) is 11.4 Å². The number of hydrogen-bond donors (Lipinski definition) is 0. The van der Waals surface area contributed by atoms with Crippen LogP contribution >= 0.6 is 0 Å². The van der Waals surface area contributed by atoms with Crippen molar-refractivity contribution >= 4 is 10.0 Å². The first-order valence-electron chi connectivity index (χ1n) is 8.40. The van der Waals surface area contributed by atoms with Crippen LogP contribution < -0.4 is 0 Å². The molecule has 0 bridgehead atoms. The second-order valence-electron chi connectivity index (χ2n) is 6.34. The van der Waals surface area contributed by atoms with Crippen molar-refractivity contribution in [2.45, 2.75) is 17.9 Å². The van der Waals surface area contributed by atoms with Crippen molar-refractivity contribution in [3.8, 4) is 11.4 Å². The third kappa shape index (κ3) is 3.38. The van der Waals surface area contributed by atoms with Crippen LogP contribution in [0.1, 0.15) is 11.3 Å². The van der Waals surface area contributed by atoms with Gasteiger partial charge in [0.15, 0.2) is 17.5 Å². The van der Waals surface area contributed by atoms with Gasteiger partial charge in [-0.2, -0.15) is 4.31 Å². The van der Waals surface area contributed by atoms with E-state index in [9.17, 15) is 21.6 Å². The van der Waals surface area contributed by atoms with E-state index in [4.69, 9.17) is 0 Å². The van der Waals surface area contributed by atoms with Crippen LogP contribution in [-0.4, -0.2) is 29.2 Å². The van der Waals surface area contributed by atoms with Gasteiger partial charge in [0, 0.05) is 36.8 Å². The standard InChI is InChI=1S/C19H14F3N3O2S/c20-14-3-1-12(2-4-14)19-23-10-13-11-25(8-7-18(13)24-19)28(26,27)15-5-6-16(21)17(22)9-15/h1-6,9-10H,7-8,11H2. The first-order chi connectivity index (χ1) is 13.3. The van der Waals surface area contributed by atoms with Crippen molar-refractivity contribution < 1.29 is 21.6 Å². The van der Waals surface area contributed by atoms with Crippen molar-refractivity contribution in [1.82, 2.24) is 14.3 Å².